The van der Waals surface area contributed by atoms with Crippen molar-refractivity contribution in [2.24, 2.45) is 5.92 Å². The Labute approximate surface area is 141 Å². The van der Waals surface area contributed by atoms with E-state index >= 15 is 0 Å². The van der Waals surface area contributed by atoms with E-state index in [9.17, 15) is 9.90 Å². The van der Waals surface area contributed by atoms with E-state index in [2.05, 4.69) is 11.9 Å². The molecule has 0 aliphatic heterocycles. The summed E-state index contributed by atoms with van der Waals surface area (Å²) in [4.78, 5) is 14.2. The maximum absolute atomic E-state index is 11.9. The van der Waals surface area contributed by atoms with Crippen molar-refractivity contribution in [3.05, 3.63) is 40.2 Å². The summed E-state index contributed by atoms with van der Waals surface area (Å²) < 4.78 is 10.5. The van der Waals surface area contributed by atoms with Gasteiger partial charge >= 0.3 is 5.63 Å². The smallest absolute Gasteiger partial charge is 0.336 e. The third kappa shape index (κ3) is 3.62. The lowest BCUT2D eigenvalue weighted by molar-refractivity contribution is 0.124. The van der Waals surface area contributed by atoms with Crippen molar-refractivity contribution in [3.8, 4) is 5.75 Å². The van der Waals surface area contributed by atoms with Gasteiger partial charge in [-0.2, -0.15) is 0 Å². The van der Waals surface area contributed by atoms with Gasteiger partial charge in [-0.05, 0) is 56.3 Å². The molecule has 5 heteroatoms. The molecular formula is C19H25NO4. The first-order chi connectivity index (χ1) is 11.6. The number of rotatable bonds is 5. The number of hydrogen-bond donors (Lipinski definition) is 1. The molecule has 1 aliphatic rings. The maximum Gasteiger partial charge on any atom is 0.336 e. The van der Waals surface area contributed by atoms with E-state index in [0.29, 0.717) is 36.4 Å². The minimum absolute atomic E-state index is 0.294. The van der Waals surface area contributed by atoms with Gasteiger partial charge in [0.15, 0.2) is 0 Å². The van der Waals surface area contributed by atoms with Gasteiger partial charge in [0.1, 0.15) is 11.3 Å². The van der Waals surface area contributed by atoms with Crippen LogP contribution in [0.3, 0.4) is 0 Å². The second-order valence-corrected chi connectivity index (χ2v) is 6.73. The highest BCUT2D eigenvalue weighted by atomic mass is 16.5. The quantitative estimate of drug-likeness (QED) is 0.854. The summed E-state index contributed by atoms with van der Waals surface area (Å²) in [5.41, 5.74) is 1.22. The minimum atomic E-state index is -0.330. The average molecular weight is 331 g/mol. The lowest BCUT2D eigenvalue weighted by Crippen LogP contribution is -2.35. The molecule has 0 spiro atoms. The van der Waals surface area contributed by atoms with Crippen LogP contribution in [0.25, 0.3) is 11.0 Å². The third-order valence-electron chi connectivity index (χ3n) is 5.15. The van der Waals surface area contributed by atoms with Crippen LogP contribution in [-0.2, 0) is 6.54 Å². The average Bonchev–Trinajstić information content (AvgIpc) is 2.61. The summed E-state index contributed by atoms with van der Waals surface area (Å²) in [5, 5.41) is 10.2. The molecule has 0 saturated heterocycles. The Morgan fingerprint density at radius 1 is 1.25 bits per heavy atom. The van der Waals surface area contributed by atoms with Gasteiger partial charge in [0, 0.05) is 36.7 Å². The molecule has 24 heavy (non-hydrogen) atoms. The lowest BCUT2D eigenvalue weighted by Gasteiger charge is -2.34. The number of hydrogen-bond acceptors (Lipinski definition) is 5. The zero-order chi connectivity index (χ0) is 17.1. The van der Waals surface area contributed by atoms with Gasteiger partial charge in [0.2, 0.25) is 0 Å². The Balaban J connectivity index is 1.80. The summed E-state index contributed by atoms with van der Waals surface area (Å²) in [6.07, 6.45) is 4.32. The zero-order valence-corrected chi connectivity index (χ0v) is 14.3. The summed E-state index contributed by atoms with van der Waals surface area (Å²) in [5.74, 6) is 1.13. The van der Waals surface area contributed by atoms with Crippen molar-refractivity contribution in [2.75, 3.05) is 20.8 Å². The number of aliphatic hydroxyl groups is 1. The summed E-state index contributed by atoms with van der Waals surface area (Å²) >= 11 is 0. The topological polar surface area (TPSA) is 62.9 Å². The van der Waals surface area contributed by atoms with Gasteiger partial charge in [-0.15, -0.1) is 0 Å². The van der Waals surface area contributed by atoms with Gasteiger partial charge in [-0.1, -0.05) is 0 Å². The predicted octanol–water partition coefficient (Wildman–Crippen LogP) is 2.78. The highest BCUT2D eigenvalue weighted by Gasteiger charge is 2.24. The van der Waals surface area contributed by atoms with Crippen LogP contribution < -0.4 is 10.4 Å². The van der Waals surface area contributed by atoms with E-state index < -0.39 is 0 Å². The van der Waals surface area contributed by atoms with Crippen LogP contribution in [0.4, 0.5) is 0 Å². The molecule has 0 radical (unpaired) electrons. The summed E-state index contributed by atoms with van der Waals surface area (Å²) in [6, 6.07) is 7.67. The predicted molar refractivity (Wildman–Crippen MR) is 93.3 cm³/mol. The second-order valence-electron chi connectivity index (χ2n) is 6.73. The Bertz CT molecular complexity index is 747. The lowest BCUT2D eigenvalue weighted by atomic mass is 9.86. The van der Waals surface area contributed by atoms with E-state index in [1.54, 1.807) is 19.2 Å². The Morgan fingerprint density at radius 2 is 2.00 bits per heavy atom. The van der Waals surface area contributed by atoms with Crippen molar-refractivity contribution < 1.29 is 14.3 Å². The zero-order valence-electron chi connectivity index (χ0n) is 14.3. The molecular weight excluding hydrogens is 306 g/mol. The largest absolute Gasteiger partial charge is 0.497 e. The number of aliphatic hydroxyl groups excluding tert-OH is 1. The van der Waals surface area contributed by atoms with Gasteiger partial charge in [-0.3, -0.25) is 4.90 Å². The minimum Gasteiger partial charge on any atom is -0.497 e. The molecule has 0 amide bonds. The molecule has 0 bridgehead atoms. The summed E-state index contributed by atoms with van der Waals surface area (Å²) in [7, 11) is 3.70. The number of nitrogens with zero attached hydrogens (tertiary/aromatic N) is 1. The Hall–Kier alpha value is -1.85. The molecule has 1 aromatic carbocycles. The van der Waals surface area contributed by atoms with Crippen molar-refractivity contribution in [2.45, 2.75) is 38.3 Å². The van der Waals surface area contributed by atoms with Crippen molar-refractivity contribution in [1.82, 2.24) is 4.90 Å². The van der Waals surface area contributed by atoms with E-state index in [-0.39, 0.29) is 5.63 Å². The van der Waals surface area contributed by atoms with Crippen LogP contribution in [0.5, 0.6) is 5.75 Å². The second kappa shape index (κ2) is 7.36. The number of benzene rings is 1. The SMILES string of the molecule is COc1ccc2c(CN(C)C3CCC(CO)CC3)cc(=O)oc2c1. The van der Waals surface area contributed by atoms with Crippen LogP contribution in [0, 0.1) is 5.92 Å². The maximum atomic E-state index is 11.9. The number of ether oxygens (including phenoxy) is 1. The Kier molecular flexibility index (Phi) is 5.21. The first kappa shape index (κ1) is 17.0. The fraction of sp³-hybridized carbons (Fsp3) is 0.526. The van der Waals surface area contributed by atoms with Crippen LogP contribution in [-0.4, -0.2) is 36.8 Å². The number of fused-ring (bicyclic) bond motifs is 1. The molecule has 1 N–H and O–H groups in total. The summed E-state index contributed by atoms with van der Waals surface area (Å²) in [6.45, 7) is 1.01. The molecule has 0 unspecified atom stereocenters. The van der Waals surface area contributed by atoms with Crippen molar-refractivity contribution in [1.29, 1.82) is 0 Å². The molecule has 1 saturated carbocycles. The van der Waals surface area contributed by atoms with Crippen LogP contribution in [0.2, 0.25) is 0 Å². The highest BCUT2D eigenvalue weighted by Crippen LogP contribution is 2.29. The van der Waals surface area contributed by atoms with Crippen LogP contribution in [0.15, 0.2) is 33.5 Å². The molecule has 5 nitrogen and oxygen atoms in total. The molecule has 1 aliphatic carbocycles. The highest BCUT2D eigenvalue weighted by molar-refractivity contribution is 5.81. The van der Waals surface area contributed by atoms with Gasteiger partial charge < -0.3 is 14.3 Å². The van der Waals surface area contributed by atoms with Gasteiger partial charge in [-0.25, -0.2) is 4.79 Å². The van der Waals surface area contributed by atoms with Gasteiger partial charge in [0.05, 0.1) is 7.11 Å². The van der Waals surface area contributed by atoms with Crippen LogP contribution in [0.1, 0.15) is 31.2 Å². The molecule has 2 aromatic rings. The molecule has 0 atom stereocenters. The number of methoxy groups -OCH3 is 1. The van der Waals surface area contributed by atoms with E-state index in [0.717, 1.165) is 36.6 Å². The van der Waals surface area contributed by atoms with Crippen LogP contribution >= 0.6 is 0 Å². The van der Waals surface area contributed by atoms with Crippen molar-refractivity contribution >= 4 is 11.0 Å². The van der Waals surface area contributed by atoms with Crippen molar-refractivity contribution in [3.63, 3.8) is 0 Å². The molecule has 1 heterocycles. The first-order valence-corrected chi connectivity index (χ1v) is 8.52. The first-order valence-electron chi connectivity index (χ1n) is 8.52. The fourth-order valence-corrected chi connectivity index (χ4v) is 3.63. The van der Waals surface area contributed by atoms with Gasteiger partial charge in [0.25, 0.3) is 0 Å². The van der Waals surface area contributed by atoms with E-state index in [4.69, 9.17) is 9.15 Å². The normalized spacial score (nSPS) is 21.3. The molecule has 130 valence electrons. The van der Waals surface area contributed by atoms with E-state index in [1.165, 1.54) is 0 Å². The Morgan fingerprint density at radius 3 is 2.67 bits per heavy atom. The molecule has 1 fully saturated rings. The molecule has 3 rings (SSSR count). The fourth-order valence-electron chi connectivity index (χ4n) is 3.63. The standard InChI is InChI=1S/C19H25NO4/c1-20(15-5-3-13(12-21)4-6-15)11-14-9-19(22)24-18-10-16(23-2)7-8-17(14)18/h7-10,13,15,21H,3-6,11-12H2,1-2H3. The monoisotopic (exact) mass is 331 g/mol. The molecule has 1 aromatic heterocycles. The third-order valence-corrected chi connectivity index (χ3v) is 5.15. The van der Waals surface area contributed by atoms with E-state index in [1.807, 2.05) is 12.1 Å².